The smallest absolute Gasteiger partial charge is 0.249 e. The van der Waals surface area contributed by atoms with Gasteiger partial charge in [0.1, 0.15) is 12.4 Å². The van der Waals surface area contributed by atoms with Crippen molar-refractivity contribution in [3.63, 3.8) is 0 Å². The first-order chi connectivity index (χ1) is 10.7. The third-order valence-corrected chi connectivity index (χ3v) is 4.35. The maximum absolute atomic E-state index is 12.4. The van der Waals surface area contributed by atoms with Crippen LogP contribution < -0.4 is 4.74 Å². The molecule has 0 aromatic heterocycles. The fraction of sp³-hybridized carbons (Fsp3) is 0.588. The van der Waals surface area contributed by atoms with Crippen LogP contribution in [0, 0.1) is 5.92 Å². The standard InChI is InChI=1S/C17H23NO4/c1-21-15-4-2-3-13(7-15)16-8-14(19)9-18(16)17(20)11-22-10-12-5-6-12/h2-4,7,12,14,16,19H,5-6,8-11H2,1H3. The van der Waals surface area contributed by atoms with Crippen molar-refractivity contribution in [2.75, 3.05) is 26.9 Å². The van der Waals surface area contributed by atoms with Gasteiger partial charge in [0.15, 0.2) is 0 Å². The maximum atomic E-state index is 12.4. The largest absolute Gasteiger partial charge is 0.497 e. The summed E-state index contributed by atoms with van der Waals surface area (Å²) in [5.41, 5.74) is 0.992. The predicted octanol–water partition coefficient (Wildman–Crippen LogP) is 1.76. The fourth-order valence-corrected chi connectivity index (χ4v) is 2.93. The number of carbonyl (C=O) groups excluding carboxylic acids is 1. The number of hydrogen-bond donors (Lipinski definition) is 1. The Kier molecular flexibility index (Phi) is 4.64. The van der Waals surface area contributed by atoms with E-state index in [9.17, 15) is 9.90 Å². The molecule has 3 rings (SSSR count). The Morgan fingerprint density at radius 1 is 1.41 bits per heavy atom. The fourth-order valence-electron chi connectivity index (χ4n) is 2.93. The summed E-state index contributed by atoms with van der Waals surface area (Å²) in [6.45, 7) is 1.14. The molecule has 1 saturated heterocycles. The molecule has 5 nitrogen and oxygen atoms in total. The summed E-state index contributed by atoms with van der Waals surface area (Å²) in [5.74, 6) is 1.35. The van der Waals surface area contributed by atoms with Crippen molar-refractivity contribution < 1.29 is 19.4 Å². The molecule has 1 amide bonds. The van der Waals surface area contributed by atoms with E-state index in [0.29, 0.717) is 25.5 Å². The molecule has 0 radical (unpaired) electrons. The van der Waals surface area contributed by atoms with E-state index in [2.05, 4.69) is 0 Å². The number of nitrogens with zero attached hydrogens (tertiary/aromatic N) is 1. The van der Waals surface area contributed by atoms with E-state index in [1.807, 2.05) is 24.3 Å². The SMILES string of the molecule is COc1cccc(C2CC(O)CN2C(=O)COCC2CC2)c1. The van der Waals surface area contributed by atoms with E-state index in [1.165, 1.54) is 12.8 Å². The first-order valence-electron chi connectivity index (χ1n) is 7.86. The Morgan fingerprint density at radius 2 is 2.23 bits per heavy atom. The molecule has 1 aromatic rings. The van der Waals surface area contributed by atoms with Gasteiger partial charge in [0.2, 0.25) is 5.91 Å². The van der Waals surface area contributed by atoms with E-state index in [4.69, 9.17) is 9.47 Å². The molecule has 2 aliphatic rings. The van der Waals surface area contributed by atoms with Crippen LogP contribution >= 0.6 is 0 Å². The lowest BCUT2D eigenvalue weighted by atomic mass is 10.0. The van der Waals surface area contributed by atoms with Crippen LogP contribution in [0.15, 0.2) is 24.3 Å². The molecule has 2 atom stereocenters. The third-order valence-electron chi connectivity index (χ3n) is 4.35. The number of hydrogen-bond acceptors (Lipinski definition) is 4. The highest BCUT2D eigenvalue weighted by molar-refractivity contribution is 5.78. The number of methoxy groups -OCH3 is 1. The molecule has 1 N–H and O–H groups in total. The van der Waals surface area contributed by atoms with Crippen LogP contribution in [0.1, 0.15) is 30.9 Å². The average Bonchev–Trinajstić information content (AvgIpc) is 3.27. The Hall–Kier alpha value is -1.59. The molecule has 0 spiro atoms. The van der Waals surface area contributed by atoms with E-state index in [1.54, 1.807) is 12.0 Å². The minimum atomic E-state index is -0.483. The molecule has 1 aliphatic carbocycles. The Labute approximate surface area is 130 Å². The Balaban J connectivity index is 1.66. The van der Waals surface area contributed by atoms with Gasteiger partial charge in [0.05, 0.1) is 25.9 Å². The zero-order valence-corrected chi connectivity index (χ0v) is 12.9. The third kappa shape index (κ3) is 3.59. The summed E-state index contributed by atoms with van der Waals surface area (Å²) >= 11 is 0. The summed E-state index contributed by atoms with van der Waals surface area (Å²) in [4.78, 5) is 14.1. The van der Waals surface area contributed by atoms with Crippen molar-refractivity contribution in [3.8, 4) is 5.75 Å². The van der Waals surface area contributed by atoms with Crippen LogP contribution in [0.2, 0.25) is 0 Å². The first kappa shape index (κ1) is 15.3. The van der Waals surface area contributed by atoms with Crippen LogP contribution in [0.3, 0.4) is 0 Å². The second-order valence-electron chi connectivity index (χ2n) is 6.19. The molecule has 2 unspecified atom stereocenters. The quantitative estimate of drug-likeness (QED) is 0.870. The summed E-state index contributed by atoms with van der Waals surface area (Å²) in [7, 11) is 1.62. The highest BCUT2D eigenvalue weighted by Gasteiger charge is 2.35. The van der Waals surface area contributed by atoms with Gasteiger partial charge < -0.3 is 19.5 Å². The number of amides is 1. The molecular formula is C17H23NO4. The molecule has 120 valence electrons. The van der Waals surface area contributed by atoms with Crippen molar-refractivity contribution in [1.29, 1.82) is 0 Å². The van der Waals surface area contributed by atoms with Crippen molar-refractivity contribution in [3.05, 3.63) is 29.8 Å². The van der Waals surface area contributed by atoms with Gasteiger partial charge in [0.25, 0.3) is 0 Å². The van der Waals surface area contributed by atoms with E-state index in [0.717, 1.165) is 11.3 Å². The van der Waals surface area contributed by atoms with Crippen LogP contribution in [-0.4, -0.2) is 48.9 Å². The topological polar surface area (TPSA) is 59.0 Å². The van der Waals surface area contributed by atoms with Crippen LogP contribution in [0.4, 0.5) is 0 Å². The molecule has 1 heterocycles. The number of benzene rings is 1. The number of rotatable bonds is 6. The molecule has 0 bridgehead atoms. The van der Waals surface area contributed by atoms with E-state index < -0.39 is 6.10 Å². The van der Waals surface area contributed by atoms with Crippen LogP contribution in [0.5, 0.6) is 5.75 Å². The van der Waals surface area contributed by atoms with Gasteiger partial charge in [-0.1, -0.05) is 12.1 Å². The Bertz CT molecular complexity index is 529. The zero-order valence-electron chi connectivity index (χ0n) is 12.9. The predicted molar refractivity (Wildman–Crippen MR) is 81.6 cm³/mol. The highest BCUT2D eigenvalue weighted by atomic mass is 16.5. The molecule has 5 heteroatoms. The Morgan fingerprint density at radius 3 is 2.95 bits per heavy atom. The van der Waals surface area contributed by atoms with Gasteiger partial charge in [-0.05, 0) is 42.9 Å². The molecule has 1 aliphatic heterocycles. The number of β-amino-alcohol motifs (C(OH)–C–C–N with tert-alkyl or cyclic N) is 1. The number of aliphatic hydroxyl groups is 1. The van der Waals surface area contributed by atoms with Gasteiger partial charge in [-0.15, -0.1) is 0 Å². The van der Waals surface area contributed by atoms with Crippen LogP contribution in [-0.2, 0) is 9.53 Å². The molecule has 1 saturated carbocycles. The summed E-state index contributed by atoms with van der Waals surface area (Å²) < 4.78 is 10.7. The molecule has 1 aromatic carbocycles. The van der Waals surface area contributed by atoms with Gasteiger partial charge in [-0.2, -0.15) is 0 Å². The lowest BCUT2D eigenvalue weighted by Crippen LogP contribution is -2.34. The second-order valence-corrected chi connectivity index (χ2v) is 6.19. The van der Waals surface area contributed by atoms with Crippen molar-refractivity contribution in [2.24, 2.45) is 5.92 Å². The molecular weight excluding hydrogens is 282 g/mol. The van der Waals surface area contributed by atoms with Gasteiger partial charge in [-0.3, -0.25) is 4.79 Å². The summed E-state index contributed by atoms with van der Waals surface area (Å²) in [6, 6.07) is 7.57. The van der Waals surface area contributed by atoms with Crippen LogP contribution in [0.25, 0.3) is 0 Å². The first-order valence-corrected chi connectivity index (χ1v) is 7.86. The second kappa shape index (κ2) is 6.67. The minimum Gasteiger partial charge on any atom is -0.497 e. The van der Waals surface area contributed by atoms with E-state index in [-0.39, 0.29) is 18.6 Å². The molecule has 22 heavy (non-hydrogen) atoms. The highest BCUT2D eigenvalue weighted by Crippen LogP contribution is 2.34. The summed E-state index contributed by atoms with van der Waals surface area (Å²) in [6.07, 6.45) is 2.50. The van der Waals surface area contributed by atoms with Crippen molar-refractivity contribution in [1.82, 2.24) is 4.90 Å². The summed E-state index contributed by atoms with van der Waals surface area (Å²) in [5, 5.41) is 9.96. The van der Waals surface area contributed by atoms with E-state index >= 15 is 0 Å². The van der Waals surface area contributed by atoms with Gasteiger partial charge in [-0.25, -0.2) is 0 Å². The monoisotopic (exact) mass is 305 g/mol. The maximum Gasteiger partial charge on any atom is 0.249 e. The van der Waals surface area contributed by atoms with Gasteiger partial charge in [0, 0.05) is 6.54 Å². The number of aliphatic hydroxyl groups excluding tert-OH is 1. The number of carbonyl (C=O) groups is 1. The lowest BCUT2D eigenvalue weighted by molar-refractivity contribution is -0.137. The zero-order chi connectivity index (χ0) is 15.5. The average molecular weight is 305 g/mol. The molecule has 2 fully saturated rings. The number of likely N-dealkylation sites (tertiary alicyclic amines) is 1. The van der Waals surface area contributed by atoms with Crippen molar-refractivity contribution >= 4 is 5.91 Å². The van der Waals surface area contributed by atoms with Gasteiger partial charge >= 0.3 is 0 Å². The normalized spacial score (nSPS) is 24.5. The minimum absolute atomic E-state index is 0.0509. The number of ether oxygens (including phenoxy) is 2. The lowest BCUT2D eigenvalue weighted by Gasteiger charge is -2.25. The van der Waals surface area contributed by atoms with Crippen molar-refractivity contribution in [2.45, 2.75) is 31.4 Å².